The van der Waals surface area contributed by atoms with E-state index in [2.05, 4.69) is 17.2 Å². The van der Waals surface area contributed by atoms with Crippen LogP contribution in [0.25, 0.3) is 0 Å². The van der Waals surface area contributed by atoms with Crippen LogP contribution < -0.4 is 5.32 Å². The highest BCUT2D eigenvalue weighted by Gasteiger charge is 2.32. The molecule has 3 N–H and O–H groups in total. The number of nitrogens with zero attached hydrogens (tertiary/aromatic N) is 1. The summed E-state index contributed by atoms with van der Waals surface area (Å²) in [5.74, 6) is 0.926. The number of hydrogen-bond donors (Lipinski definition) is 3. The molecule has 88 valence electrons. The van der Waals surface area contributed by atoms with Gasteiger partial charge in [0.25, 0.3) is 0 Å². The van der Waals surface area contributed by atoms with Gasteiger partial charge in [0.1, 0.15) is 5.75 Å². The molecule has 4 heteroatoms. The van der Waals surface area contributed by atoms with E-state index >= 15 is 0 Å². The molecule has 1 aromatic rings. The van der Waals surface area contributed by atoms with Crippen molar-refractivity contribution in [1.29, 1.82) is 0 Å². The minimum Gasteiger partial charge on any atom is -0.506 e. The zero-order chi connectivity index (χ0) is 11.7. The largest absolute Gasteiger partial charge is 0.506 e. The molecule has 1 aliphatic carbocycles. The number of aryl methyl sites for hydroxylation is 1. The minimum atomic E-state index is -0.0852. The maximum Gasteiger partial charge on any atom is 0.141 e. The van der Waals surface area contributed by atoms with E-state index in [9.17, 15) is 10.2 Å². The number of aromatic nitrogens is 1. The lowest BCUT2D eigenvalue weighted by atomic mass is 10.1. The Hall–Kier alpha value is -1.13. The number of pyridine rings is 1. The average molecular weight is 222 g/mol. The van der Waals surface area contributed by atoms with Gasteiger partial charge in [0, 0.05) is 29.9 Å². The van der Waals surface area contributed by atoms with Gasteiger partial charge in [-0.2, -0.15) is 0 Å². The van der Waals surface area contributed by atoms with Crippen LogP contribution in [0.5, 0.6) is 5.75 Å². The normalized spacial score (nSPS) is 23.4. The molecule has 1 fully saturated rings. The van der Waals surface area contributed by atoms with Crippen LogP contribution in [0.15, 0.2) is 6.20 Å². The zero-order valence-corrected chi connectivity index (χ0v) is 9.70. The van der Waals surface area contributed by atoms with Crippen LogP contribution in [0, 0.1) is 12.8 Å². The fourth-order valence-electron chi connectivity index (χ4n) is 1.86. The van der Waals surface area contributed by atoms with E-state index in [4.69, 9.17) is 0 Å². The fraction of sp³-hybridized carbons (Fsp3) is 0.583. The van der Waals surface area contributed by atoms with E-state index in [1.54, 1.807) is 13.1 Å². The molecule has 0 bridgehead atoms. The average Bonchev–Trinajstić information content (AvgIpc) is 2.97. The summed E-state index contributed by atoms with van der Waals surface area (Å²) in [5.41, 5.74) is 2.08. The van der Waals surface area contributed by atoms with E-state index in [-0.39, 0.29) is 12.4 Å². The topological polar surface area (TPSA) is 65.4 Å². The number of aromatic hydroxyl groups is 1. The molecule has 0 aromatic carbocycles. The SMILES string of the molecule is Cc1ncc(CO)c(CNC2CC2C)c1O. The quantitative estimate of drug-likeness (QED) is 0.713. The minimum absolute atomic E-state index is 0.0852. The van der Waals surface area contributed by atoms with E-state index in [1.807, 2.05) is 0 Å². The molecular formula is C12H18N2O2. The molecule has 1 heterocycles. The van der Waals surface area contributed by atoms with Crippen molar-refractivity contribution < 1.29 is 10.2 Å². The maximum atomic E-state index is 9.90. The molecular weight excluding hydrogens is 204 g/mol. The van der Waals surface area contributed by atoms with Gasteiger partial charge in [0.2, 0.25) is 0 Å². The lowest BCUT2D eigenvalue weighted by molar-refractivity contribution is 0.278. The molecule has 1 saturated carbocycles. The third kappa shape index (κ3) is 2.18. The van der Waals surface area contributed by atoms with Crippen LogP contribution in [0.3, 0.4) is 0 Å². The van der Waals surface area contributed by atoms with Gasteiger partial charge in [-0.1, -0.05) is 6.92 Å². The summed E-state index contributed by atoms with van der Waals surface area (Å²) in [6.45, 7) is 4.47. The van der Waals surface area contributed by atoms with Crippen LogP contribution >= 0.6 is 0 Å². The lowest BCUT2D eigenvalue weighted by Crippen LogP contribution is -2.18. The monoisotopic (exact) mass is 222 g/mol. The zero-order valence-electron chi connectivity index (χ0n) is 9.70. The van der Waals surface area contributed by atoms with Gasteiger partial charge in [-0.3, -0.25) is 4.98 Å². The lowest BCUT2D eigenvalue weighted by Gasteiger charge is -2.12. The van der Waals surface area contributed by atoms with Crippen LogP contribution in [0.2, 0.25) is 0 Å². The summed E-state index contributed by atoms with van der Waals surface area (Å²) >= 11 is 0. The van der Waals surface area contributed by atoms with Crippen LogP contribution in [-0.4, -0.2) is 21.2 Å². The van der Waals surface area contributed by atoms with Gasteiger partial charge in [0.05, 0.1) is 12.3 Å². The molecule has 2 rings (SSSR count). The third-order valence-corrected chi connectivity index (χ3v) is 3.25. The first-order chi connectivity index (χ1) is 7.63. The number of rotatable bonds is 4. The molecule has 16 heavy (non-hydrogen) atoms. The van der Waals surface area contributed by atoms with Crippen LogP contribution in [-0.2, 0) is 13.2 Å². The van der Waals surface area contributed by atoms with Gasteiger partial charge < -0.3 is 15.5 Å². The molecule has 0 saturated heterocycles. The van der Waals surface area contributed by atoms with Crippen LogP contribution in [0.1, 0.15) is 30.2 Å². The molecule has 1 aliphatic rings. The summed E-state index contributed by atoms with van der Waals surface area (Å²) in [6.07, 6.45) is 2.82. The van der Waals surface area contributed by atoms with Gasteiger partial charge in [-0.15, -0.1) is 0 Å². The summed E-state index contributed by atoms with van der Waals surface area (Å²) in [7, 11) is 0. The maximum absolute atomic E-state index is 9.90. The number of aliphatic hydroxyl groups is 1. The highest BCUT2D eigenvalue weighted by atomic mass is 16.3. The molecule has 2 atom stereocenters. The van der Waals surface area contributed by atoms with Crippen molar-refractivity contribution in [2.75, 3.05) is 0 Å². The smallest absolute Gasteiger partial charge is 0.141 e. The van der Waals surface area contributed by atoms with Gasteiger partial charge in [-0.05, 0) is 19.3 Å². The molecule has 0 spiro atoms. The first-order valence-electron chi connectivity index (χ1n) is 5.64. The Morgan fingerprint density at radius 3 is 2.81 bits per heavy atom. The van der Waals surface area contributed by atoms with E-state index < -0.39 is 0 Å². The van der Waals surface area contributed by atoms with Gasteiger partial charge in [0.15, 0.2) is 0 Å². The van der Waals surface area contributed by atoms with Crippen molar-refractivity contribution in [2.45, 2.75) is 39.5 Å². The summed E-state index contributed by atoms with van der Waals surface area (Å²) in [6, 6.07) is 0.555. The van der Waals surface area contributed by atoms with Crippen molar-refractivity contribution >= 4 is 0 Å². The second-order valence-corrected chi connectivity index (χ2v) is 4.55. The van der Waals surface area contributed by atoms with Crippen molar-refractivity contribution in [3.05, 3.63) is 23.0 Å². The van der Waals surface area contributed by atoms with Gasteiger partial charge in [-0.25, -0.2) is 0 Å². The predicted octanol–water partition coefficient (Wildman–Crippen LogP) is 1.09. The number of nitrogens with one attached hydrogen (secondary N) is 1. The highest BCUT2D eigenvalue weighted by molar-refractivity contribution is 5.40. The van der Waals surface area contributed by atoms with E-state index in [1.165, 1.54) is 6.42 Å². The van der Waals surface area contributed by atoms with Crippen LogP contribution in [0.4, 0.5) is 0 Å². The summed E-state index contributed by atoms with van der Waals surface area (Å²) in [5, 5.41) is 22.4. The first kappa shape index (κ1) is 11.4. The Kier molecular flexibility index (Phi) is 3.12. The molecule has 1 aromatic heterocycles. The molecule has 2 unspecified atom stereocenters. The van der Waals surface area contributed by atoms with E-state index in [0.29, 0.717) is 23.8 Å². The molecule has 0 aliphatic heterocycles. The van der Waals surface area contributed by atoms with Crippen molar-refractivity contribution in [1.82, 2.24) is 10.3 Å². The summed E-state index contributed by atoms with van der Waals surface area (Å²) in [4.78, 5) is 4.03. The Balaban J connectivity index is 2.13. The highest BCUT2D eigenvalue weighted by Crippen LogP contribution is 2.30. The third-order valence-electron chi connectivity index (χ3n) is 3.25. The second kappa shape index (κ2) is 4.39. The van der Waals surface area contributed by atoms with Gasteiger partial charge >= 0.3 is 0 Å². The molecule has 0 radical (unpaired) electrons. The summed E-state index contributed by atoms with van der Waals surface area (Å²) < 4.78 is 0. The Morgan fingerprint density at radius 1 is 1.56 bits per heavy atom. The molecule has 4 nitrogen and oxygen atoms in total. The molecule has 0 amide bonds. The number of aliphatic hydroxyl groups excluding tert-OH is 1. The Morgan fingerprint density at radius 2 is 2.25 bits per heavy atom. The fourth-order valence-corrected chi connectivity index (χ4v) is 1.86. The Bertz CT molecular complexity index is 393. The number of hydrogen-bond acceptors (Lipinski definition) is 4. The second-order valence-electron chi connectivity index (χ2n) is 4.55. The first-order valence-corrected chi connectivity index (χ1v) is 5.64. The van der Waals surface area contributed by atoms with Crippen molar-refractivity contribution in [3.8, 4) is 5.75 Å². The standard InChI is InChI=1S/C12H18N2O2/c1-7-3-11(7)14-5-10-9(6-15)4-13-8(2)12(10)16/h4,7,11,14-16H,3,5-6H2,1-2H3. The van der Waals surface area contributed by atoms with E-state index in [0.717, 1.165) is 11.5 Å². The Labute approximate surface area is 95.3 Å². The van der Waals surface area contributed by atoms with Crippen molar-refractivity contribution in [2.24, 2.45) is 5.92 Å². The van der Waals surface area contributed by atoms with Crippen molar-refractivity contribution in [3.63, 3.8) is 0 Å². The predicted molar refractivity (Wildman–Crippen MR) is 61.0 cm³/mol.